The van der Waals surface area contributed by atoms with Crippen molar-refractivity contribution < 1.29 is 19.0 Å². The molecule has 29 heavy (non-hydrogen) atoms. The van der Waals surface area contributed by atoms with E-state index < -0.39 is 0 Å². The Labute approximate surface area is 174 Å². The predicted molar refractivity (Wildman–Crippen MR) is 116 cm³/mol. The minimum Gasteiger partial charge on any atom is -0.491 e. The molecular weight excluding hydrogens is 388 g/mol. The van der Waals surface area contributed by atoms with Gasteiger partial charge in [0.25, 0.3) is 5.91 Å². The highest BCUT2D eigenvalue weighted by Crippen LogP contribution is 2.25. The summed E-state index contributed by atoms with van der Waals surface area (Å²) in [6.07, 6.45) is 1.75. The number of aryl methyl sites for hydroxylation is 2. The summed E-state index contributed by atoms with van der Waals surface area (Å²) < 4.78 is 16.9. The van der Waals surface area contributed by atoms with Crippen LogP contribution in [-0.2, 0) is 9.53 Å². The number of ether oxygens (including phenoxy) is 3. The first-order chi connectivity index (χ1) is 14.0. The molecule has 0 unspecified atom stereocenters. The fourth-order valence-electron chi connectivity index (χ4n) is 2.60. The molecule has 0 saturated carbocycles. The molecule has 2 aromatic carbocycles. The third-order valence-corrected chi connectivity index (χ3v) is 5.14. The molecule has 2 N–H and O–H groups in total. The average Bonchev–Trinajstić information content (AvgIpc) is 3.02. The topological polar surface area (TPSA) is 80.6 Å². The first-order valence-electron chi connectivity index (χ1n) is 9.31. The Bertz CT molecular complexity index is 910. The lowest BCUT2D eigenvalue weighted by atomic mass is 10.1. The van der Waals surface area contributed by atoms with Gasteiger partial charge in [-0.1, -0.05) is 18.2 Å². The summed E-state index contributed by atoms with van der Waals surface area (Å²) in [6.45, 7) is 6.05. The lowest BCUT2D eigenvalue weighted by Gasteiger charge is -2.10. The van der Waals surface area contributed by atoms with E-state index >= 15 is 0 Å². The van der Waals surface area contributed by atoms with Crippen LogP contribution in [0, 0.1) is 19.3 Å². The number of amides is 1. The molecule has 1 aliphatic heterocycles. The van der Waals surface area contributed by atoms with Crippen LogP contribution in [0.25, 0.3) is 6.08 Å². The van der Waals surface area contributed by atoms with Crippen molar-refractivity contribution in [2.45, 2.75) is 13.8 Å². The molecule has 7 heteroatoms. The maximum Gasteiger partial charge on any atom is 0.264 e. The van der Waals surface area contributed by atoms with Gasteiger partial charge in [0.1, 0.15) is 24.7 Å². The zero-order valence-corrected chi connectivity index (χ0v) is 17.3. The fraction of sp³-hybridized carbons (Fsp3) is 0.273. The van der Waals surface area contributed by atoms with Crippen molar-refractivity contribution in [2.24, 2.45) is 0 Å². The summed E-state index contributed by atoms with van der Waals surface area (Å²) in [4.78, 5) is 12.1. The zero-order valence-electron chi connectivity index (χ0n) is 16.5. The van der Waals surface area contributed by atoms with E-state index in [1.54, 1.807) is 6.08 Å². The van der Waals surface area contributed by atoms with Crippen LogP contribution in [0.2, 0.25) is 0 Å². The highest BCUT2D eigenvalue weighted by Gasteiger charge is 2.21. The van der Waals surface area contributed by atoms with Gasteiger partial charge in [-0.05, 0) is 72.6 Å². The summed E-state index contributed by atoms with van der Waals surface area (Å²) in [6, 6.07) is 13.5. The largest absolute Gasteiger partial charge is 0.491 e. The highest BCUT2D eigenvalue weighted by molar-refractivity contribution is 8.18. The number of hydrogen-bond donors (Lipinski definition) is 2. The second-order valence-electron chi connectivity index (χ2n) is 6.52. The van der Waals surface area contributed by atoms with Gasteiger partial charge < -0.3 is 19.5 Å². The third kappa shape index (κ3) is 6.37. The third-order valence-electron chi connectivity index (χ3n) is 4.31. The van der Waals surface area contributed by atoms with Crippen LogP contribution in [0.4, 0.5) is 0 Å². The number of carbonyl (C=O) groups is 1. The number of nitrogens with one attached hydrogen (secondary N) is 2. The van der Waals surface area contributed by atoms with Crippen molar-refractivity contribution in [3.8, 4) is 11.5 Å². The Morgan fingerprint density at radius 1 is 0.931 bits per heavy atom. The average molecular weight is 413 g/mol. The zero-order chi connectivity index (χ0) is 20.6. The van der Waals surface area contributed by atoms with Crippen LogP contribution in [0.15, 0.2) is 47.4 Å². The quantitative estimate of drug-likeness (QED) is 0.482. The molecule has 1 fully saturated rings. The molecule has 1 saturated heterocycles. The summed E-state index contributed by atoms with van der Waals surface area (Å²) in [5, 5.41) is 10.1. The van der Waals surface area contributed by atoms with Gasteiger partial charge in [-0.3, -0.25) is 10.2 Å². The Morgan fingerprint density at radius 3 is 2.21 bits per heavy atom. The molecule has 0 spiro atoms. The van der Waals surface area contributed by atoms with Crippen LogP contribution in [0.1, 0.15) is 16.7 Å². The predicted octanol–water partition coefficient (Wildman–Crippen LogP) is 3.92. The Hall–Kier alpha value is -2.77. The minimum atomic E-state index is -0.237. The van der Waals surface area contributed by atoms with Gasteiger partial charge in [-0.15, -0.1) is 0 Å². The van der Waals surface area contributed by atoms with Crippen molar-refractivity contribution in [3.63, 3.8) is 0 Å². The van der Waals surface area contributed by atoms with E-state index in [-0.39, 0.29) is 11.1 Å². The molecule has 2 aromatic rings. The van der Waals surface area contributed by atoms with Crippen molar-refractivity contribution >= 4 is 28.9 Å². The molecule has 0 aliphatic carbocycles. The molecule has 152 valence electrons. The van der Waals surface area contributed by atoms with Gasteiger partial charge in [0, 0.05) is 0 Å². The van der Waals surface area contributed by atoms with E-state index in [9.17, 15) is 4.79 Å². The Balaban J connectivity index is 1.32. The SMILES string of the molecule is Cc1ccc(OCCOCCOc2ccc(C=C3SC(=N)NC3=O)cc2)cc1C. The van der Waals surface area contributed by atoms with Gasteiger partial charge in [0.15, 0.2) is 5.17 Å². The van der Waals surface area contributed by atoms with Crippen molar-refractivity contribution in [2.75, 3.05) is 26.4 Å². The molecule has 6 nitrogen and oxygen atoms in total. The summed E-state index contributed by atoms with van der Waals surface area (Å²) in [5.41, 5.74) is 3.34. The Morgan fingerprint density at radius 2 is 1.59 bits per heavy atom. The molecule has 0 atom stereocenters. The lowest BCUT2D eigenvalue weighted by Crippen LogP contribution is -2.18. The van der Waals surface area contributed by atoms with Crippen LogP contribution < -0.4 is 14.8 Å². The smallest absolute Gasteiger partial charge is 0.264 e. The highest BCUT2D eigenvalue weighted by atomic mass is 32.2. The van der Waals surface area contributed by atoms with Gasteiger partial charge in [-0.25, -0.2) is 0 Å². The number of thioether (sulfide) groups is 1. The van der Waals surface area contributed by atoms with E-state index in [0.717, 1.165) is 28.8 Å². The standard InChI is InChI=1S/C22H24N2O4S/c1-15-3-6-19(13-16(15)2)28-12-10-26-9-11-27-18-7-4-17(5-8-18)14-20-21(25)24-22(23)29-20/h3-8,13-14H,9-12H2,1-2H3,(H2,23,24,25). The number of rotatable bonds is 9. The molecule has 1 aliphatic rings. The normalized spacial score (nSPS) is 14.9. The monoisotopic (exact) mass is 412 g/mol. The van der Waals surface area contributed by atoms with Crippen LogP contribution in [-0.4, -0.2) is 37.5 Å². The second-order valence-corrected chi connectivity index (χ2v) is 7.57. The van der Waals surface area contributed by atoms with Crippen molar-refractivity contribution in [3.05, 3.63) is 64.1 Å². The summed E-state index contributed by atoms with van der Waals surface area (Å²) >= 11 is 1.12. The first-order valence-corrected chi connectivity index (χ1v) is 10.1. The van der Waals surface area contributed by atoms with E-state index in [0.29, 0.717) is 31.3 Å². The van der Waals surface area contributed by atoms with Crippen molar-refractivity contribution in [1.82, 2.24) is 5.32 Å². The second kappa shape index (κ2) is 10.1. The van der Waals surface area contributed by atoms with E-state index in [1.807, 2.05) is 42.5 Å². The summed E-state index contributed by atoms with van der Waals surface area (Å²) in [5.74, 6) is 1.35. The van der Waals surface area contributed by atoms with Gasteiger partial charge in [0.2, 0.25) is 0 Å². The molecule has 3 rings (SSSR count). The molecular formula is C22H24N2O4S. The van der Waals surface area contributed by atoms with Gasteiger partial charge in [0.05, 0.1) is 18.1 Å². The van der Waals surface area contributed by atoms with Crippen molar-refractivity contribution in [1.29, 1.82) is 5.41 Å². The fourth-order valence-corrected chi connectivity index (χ4v) is 3.30. The number of amidine groups is 1. The van der Waals surface area contributed by atoms with E-state index in [1.165, 1.54) is 11.1 Å². The van der Waals surface area contributed by atoms with Gasteiger partial charge >= 0.3 is 0 Å². The molecule has 0 radical (unpaired) electrons. The van der Waals surface area contributed by atoms with Crippen LogP contribution in [0.5, 0.6) is 11.5 Å². The maximum absolute atomic E-state index is 11.6. The minimum absolute atomic E-state index is 0.153. The maximum atomic E-state index is 11.6. The number of carbonyl (C=O) groups excluding carboxylic acids is 1. The summed E-state index contributed by atoms with van der Waals surface area (Å²) in [7, 11) is 0. The molecule has 0 aromatic heterocycles. The van der Waals surface area contributed by atoms with E-state index in [4.69, 9.17) is 19.6 Å². The molecule has 0 bridgehead atoms. The number of hydrogen-bond acceptors (Lipinski definition) is 6. The molecule has 1 heterocycles. The molecule has 1 amide bonds. The van der Waals surface area contributed by atoms with Crippen LogP contribution in [0.3, 0.4) is 0 Å². The number of benzene rings is 2. The Kier molecular flexibility index (Phi) is 7.32. The van der Waals surface area contributed by atoms with Gasteiger partial charge in [-0.2, -0.15) is 0 Å². The lowest BCUT2D eigenvalue weighted by molar-refractivity contribution is -0.115. The van der Waals surface area contributed by atoms with Crippen LogP contribution >= 0.6 is 11.8 Å². The van der Waals surface area contributed by atoms with E-state index in [2.05, 4.69) is 19.2 Å². The first kappa shape index (κ1) is 21.0.